The average Bonchev–Trinajstić information content (AvgIpc) is 3.41. The summed E-state index contributed by atoms with van der Waals surface area (Å²) in [6, 6.07) is -3.91. The molecular weight excluding hydrogens is 1070 g/mol. The van der Waals surface area contributed by atoms with Crippen molar-refractivity contribution >= 4 is 76.4 Å². The van der Waals surface area contributed by atoms with Gasteiger partial charge in [-0.1, -0.05) is 139 Å². The highest BCUT2D eigenvalue weighted by Crippen LogP contribution is 2.22. The maximum atomic E-state index is 13.5. The number of carboxylic acid groups (broad SMARTS) is 3. The lowest BCUT2D eigenvalue weighted by atomic mass is 9.85. The molecule has 0 aromatic heterocycles. The van der Waals surface area contributed by atoms with Crippen molar-refractivity contribution in [3.8, 4) is 0 Å². The van der Waals surface area contributed by atoms with E-state index in [1.807, 2.05) is 55.4 Å². The molecule has 0 aromatic carbocycles. The maximum Gasteiger partial charge on any atom is 0.303 e. The minimum absolute atomic E-state index is 0.0163. The smallest absolute Gasteiger partial charge is 0.303 e. The normalized spacial score (nSPS) is 14.1. The monoisotopic (exact) mass is 1180 g/mol. The van der Waals surface area contributed by atoms with E-state index >= 15 is 0 Å². The fraction of sp³-hybridized carbons (Fsp3) is 0.790. The molecule has 0 spiro atoms. The first kappa shape index (κ1) is 79.2. The van der Waals surface area contributed by atoms with E-state index in [1.165, 1.54) is 78.1 Å². The van der Waals surface area contributed by atoms with Crippen LogP contribution in [-0.2, 0) is 62.3 Å². The lowest BCUT2D eigenvalue weighted by molar-refractivity contribution is -0.140. The SMILES string of the molecule is CC(=O)C[C@H](C)C(=O)N[C@@H](CCC(=O)O)C(=O)C[C@H](CCC(=O)O)C(=O)N[C@@H](CCC(=O)O)C(C)=O.CCCCCCCCCCCCCCCC(=O)N[C@H](C(=O)C[C@@H](C(=O)N[C@H](C(=O)C[C@H](C)C(=O)NC(C)C)C(C)C)C(C)C)C(C)C. The summed E-state index contributed by atoms with van der Waals surface area (Å²) < 4.78 is 0. The Kier molecular flexibility index (Phi) is 42.6. The number of hydrogen-bond acceptors (Lipinski definition) is 13. The van der Waals surface area contributed by atoms with Crippen LogP contribution in [0.25, 0.3) is 0 Å². The molecular formula is C62H107N5O16. The molecule has 0 heterocycles. The molecule has 0 aromatic rings. The van der Waals surface area contributed by atoms with Crippen molar-refractivity contribution in [3.05, 3.63) is 0 Å². The van der Waals surface area contributed by atoms with E-state index < -0.39 is 115 Å². The summed E-state index contributed by atoms with van der Waals surface area (Å²) in [5.74, 6) is -11.3. The molecule has 0 saturated carbocycles. The predicted molar refractivity (Wildman–Crippen MR) is 317 cm³/mol. The topological polar surface area (TPSA) is 343 Å². The van der Waals surface area contributed by atoms with Crippen LogP contribution >= 0.6 is 0 Å². The van der Waals surface area contributed by atoms with Crippen molar-refractivity contribution in [2.45, 2.75) is 274 Å². The minimum atomic E-state index is -1.31. The van der Waals surface area contributed by atoms with Crippen LogP contribution in [-0.4, -0.2) is 122 Å². The summed E-state index contributed by atoms with van der Waals surface area (Å²) in [7, 11) is 0. The Morgan fingerprint density at radius 3 is 1.22 bits per heavy atom. The number of amides is 5. The van der Waals surface area contributed by atoms with Crippen LogP contribution in [0.1, 0.15) is 244 Å². The predicted octanol–water partition coefficient (Wildman–Crippen LogP) is 8.43. The van der Waals surface area contributed by atoms with Crippen LogP contribution in [0.3, 0.4) is 0 Å². The summed E-state index contributed by atoms with van der Waals surface area (Å²) in [5.41, 5.74) is 0. The number of Topliss-reactive ketones (excluding diaryl/α,β-unsaturated/α-hetero) is 5. The number of nitrogens with one attached hydrogen (secondary N) is 5. The Morgan fingerprint density at radius 2 is 0.783 bits per heavy atom. The summed E-state index contributed by atoms with van der Waals surface area (Å²) in [5, 5.41) is 40.3. The molecule has 0 aliphatic heterocycles. The van der Waals surface area contributed by atoms with Gasteiger partial charge in [0.05, 0.1) is 24.2 Å². The van der Waals surface area contributed by atoms with Gasteiger partial charge in [-0.15, -0.1) is 0 Å². The van der Waals surface area contributed by atoms with E-state index in [1.54, 1.807) is 6.92 Å². The highest BCUT2D eigenvalue weighted by Gasteiger charge is 2.35. The molecule has 0 aliphatic carbocycles. The Morgan fingerprint density at radius 1 is 0.373 bits per heavy atom. The summed E-state index contributed by atoms with van der Waals surface area (Å²) in [4.78, 5) is 160. The van der Waals surface area contributed by atoms with Gasteiger partial charge in [-0.3, -0.25) is 57.5 Å². The number of rotatable bonds is 47. The van der Waals surface area contributed by atoms with Crippen LogP contribution in [0.15, 0.2) is 0 Å². The zero-order chi connectivity index (χ0) is 63.9. The summed E-state index contributed by atoms with van der Waals surface area (Å²) in [6.07, 6.45) is 13.7. The zero-order valence-corrected chi connectivity index (χ0v) is 52.5. The van der Waals surface area contributed by atoms with Crippen LogP contribution in [0.5, 0.6) is 0 Å². The first-order chi connectivity index (χ1) is 38.7. The number of unbranched alkanes of at least 4 members (excludes halogenated alkanes) is 12. The molecule has 0 radical (unpaired) electrons. The number of ketones is 5. The largest absolute Gasteiger partial charge is 0.481 e. The zero-order valence-electron chi connectivity index (χ0n) is 52.5. The van der Waals surface area contributed by atoms with E-state index in [9.17, 15) is 62.3 Å². The number of hydrogen-bond donors (Lipinski definition) is 8. The molecule has 0 unspecified atom stereocenters. The van der Waals surface area contributed by atoms with Gasteiger partial charge in [0.2, 0.25) is 29.5 Å². The molecule has 476 valence electrons. The van der Waals surface area contributed by atoms with E-state index in [0.717, 1.165) is 26.2 Å². The number of carboxylic acids is 3. The fourth-order valence-corrected chi connectivity index (χ4v) is 9.33. The number of aliphatic carboxylic acids is 3. The van der Waals surface area contributed by atoms with Crippen molar-refractivity contribution in [3.63, 3.8) is 0 Å². The third kappa shape index (κ3) is 38.6. The van der Waals surface area contributed by atoms with Gasteiger partial charge in [0.25, 0.3) is 0 Å². The minimum Gasteiger partial charge on any atom is -0.481 e. The van der Waals surface area contributed by atoms with Gasteiger partial charge in [-0.2, -0.15) is 0 Å². The third-order valence-electron chi connectivity index (χ3n) is 14.5. The Labute approximate surface area is 494 Å². The van der Waals surface area contributed by atoms with Crippen LogP contribution in [0.2, 0.25) is 0 Å². The lowest BCUT2D eigenvalue weighted by Crippen LogP contribution is -2.50. The molecule has 0 saturated heterocycles. The Bertz CT molecular complexity index is 2070. The van der Waals surface area contributed by atoms with Crippen molar-refractivity contribution < 1.29 is 77.6 Å². The molecule has 5 amide bonds. The second-order valence-corrected chi connectivity index (χ2v) is 24.0. The van der Waals surface area contributed by atoms with Gasteiger partial charge in [0, 0.05) is 81.1 Å². The van der Waals surface area contributed by atoms with Gasteiger partial charge in [-0.05, 0) is 71.1 Å². The molecule has 0 bridgehead atoms. The Hall–Kier alpha value is -5.89. The second-order valence-electron chi connectivity index (χ2n) is 24.0. The molecule has 0 rings (SSSR count). The van der Waals surface area contributed by atoms with Gasteiger partial charge < -0.3 is 46.7 Å². The molecule has 21 nitrogen and oxygen atoms in total. The third-order valence-corrected chi connectivity index (χ3v) is 14.5. The second kappa shape index (κ2) is 44.6. The van der Waals surface area contributed by atoms with E-state index in [-0.39, 0.29) is 97.4 Å². The molecule has 8 atom stereocenters. The van der Waals surface area contributed by atoms with Crippen molar-refractivity contribution in [1.82, 2.24) is 26.6 Å². The standard InChI is InChI=1S/C39H73N3O5.C23H34N2O11/c1-11-12-13-14-15-16-17-18-19-20-21-22-23-24-35(45)41-36(28(4)5)34(44)26-32(27(2)3)39(47)42-37(29(6)7)33(43)25-31(10)38(46)40-30(8)9;1-12(10-13(2)26)22(35)25-17(6-9-21(33)34)18(28)11-15(4-7-19(29)30)23(36)24-16(14(3)27)5-8-20(31)32/h27-32,36-37H,11-26H2,1-10H3,(H,40,46)(H,41,45)(H,42,47);12,15-17H,4-11H2,1-3H3,(H,24,36)(H,25,35)(H,29,30)(H,31,32)(H,33,34)/t31-,32+,36-,37-;12-,15-,16-,17-/m00/s1. The van der Waals surface area contributed by atoms with Crippen LogP contribution in [0.4, 0.5) is 0 Å². The highest BCUT2D eigenvalue weighted by molar-refractivity contribution is 5.97. The molecule has 8 N–H and O–H groups in total. The van der Waals surface area contributed by atoms with Crippen LogP contribution in [0, 0.1) is 41.4 Å². The maximum absolute atomic E-state index is 13.5. The number of carbonyl (C=O) groups excluding carboxylic acids is 10. The van der Waals surface area contributed by atoms with E-state index in [0.29, 0.717) is 6.42 Å². The first-order valence-corrected chi connectivity index (χ1v) is 30.5. The summed E-state index contributed by atoms with van der Waals surface area (Å²) in [6.45, 7) is 22.9. The first-order valence-electron chi connectivity index (χ1n) is 30.5. The van der Waals surface area contributed by atoms with Gasteiger partial charge in [0.1, 0.15) is 5.78 Å². The van der Waals surface area contributed by atoms with Crippen molar-refractivity contribution in [2.75, 3.05) is 0 Å². The van der Waals surface area contributed by atoms with Gasteiger partial charge in [-0.25, -0.2) is 0 Å². The van der Waals surface area contributed by atoms with Gasteiger partial charge >= 0.3 is 17.9 Å². The van der Waals surface area contributed by atoms with E-state index in [2.05, 4.69) is 33.5 Å². The molecule has 83 heavy (non-hydrogen) atoms. The summed E-state index contributed by atoms with van der Waals surface area (Å²) >= 11 is 0. The van der Waals surface area contributed by atoms with Crippen molar-refractivity contribution in [2.24, 2.45) is 41.4 Å². The van der Waals surface area contributed by atoms with E-state index in [4.69, 9.17) is 15.3 Å². The average molecular weight is 1180 g/mol. The lowest BCUT2D eigenvalue weighted by Gasteiger charge is -2.28. The quantitative estimate of drug-likeness (QED) is 0.0265. The van der Waals surface area contributed by atoms with Crippen LogP contribution < -0.4 is 26.6 Å². The fourth-order valence-electron chi connectivity index (χ4n) is 9.33. The Balaban J connectivity index is 0. The highest BCUT2D eigenvalue weighted by atomic mass is 16.4. The molecule has 0 fully saturated rings. The molecule has 0 aliphatic rings. The van der Waals surface area contributed by atoms with Gasteiger partial charge in [0.15, 0.2) is 23.1 Å². The number of carbonyl (C=O) groups is 13. The molecule has 21 heteroatoms. The van der Waals surface area contributed by atoms with Crippen molar-refractivity contribution in [1.29, 1.82) is 0 Å².